The van der Waals surface area contributed by atoms with Crippen molar-refractivity contribution in [2.75, 3.05) is 18.0 Å². The second kappa shape index (κ2) is 5.17. The Hall–Kier alpha value is -2.58. The van der Waals surface area contributed by atoms with E-state index >= 15 is 0 Å². The number of anilines is 1. The molecule has 0 radical (unpaired) electrons. The average Bonchev–Trinajstić information content (AvgIpc) is 2.84. The van der Waals surface area contributed by atoms with E-state index in [9.17, 15) is 0 Å². The van der Waals surface area contributed by atoms with Gasteiger partial charge in [0.05, 0.1) is 17.7 Å². The van der Waals surface area contributed by atoms with E-state index in [0.717, 1.165) is 30.5 Å². The van der Waals surface area contributed by atoms with Crippen LogP contribution in [-0.2, 0) is 12.8 Å². The van der Waals surface area contributed by atoms with Gasteiger partial charge in [0, 0.05) is 5.69 Å². The van der Waals surface area contributed by atoms with Crippen LogP contribution in [0, 0.1) is 34.0 Å². The molecular formula is C13H11N5. The maximum absolute atomic E-state index is 9.15. The van der Waals surface area contributed by atoms with E-state index < -0.39 is 0 Å². The fourth-order valence-electron chi connectivity index (χ4n) is 2.16. The van der Waals surface area contributed by atoms with Crippen LogP contribution in [0.5, 0.6) is 0 Å². The van der Waals surface area contributed by atoms with Crippen molar-refractivity contribution < 1.29 is 0 Å². The van der Waals surface area contributed by atoms with Crippen molar-refractivity contribution in [1.29, 1.82) is 15.8 Å². The summed E-state index contributed by atoms with van der Waals surface area (Å²) in [5.41, 5.74) is 2.55. The SMILES string of the molecule is N#CCN(CC#N)c1nc2c(cc1C#N)CCC2. The Balaban J connectivity index is 2.46. The number of hydrogen-bond acceptors (Lipinski definition) is 5. The Morgan fingerprint density at radius 3 is 2.50 bits per heavy atom. The Morgan fingerprint density at radius 1 is 1.17 bits per heavy atom. The lowest BCUT2D eigenvalue weighted by Crippen LogP contribution is -2.26. The molecule has 0 N–H and O–H groups in total. The van der Waals surface area contributed by atoms with Crippen LogP contribution in [0.4, 0.5) is 5.82 Å². The minimum atomic E-state index is 0.0635. The lowest BCUT2D eigenvalue weighted by atomic mass is 10.1. The molecule has 18 heavy (non-hydrogen) atoms. The van der Waals surface area contributed by atoms with Gasteiger partial charge in [0.2, 0.25) is 0 Å². The van der Waals surface area contributed by atoms with Gasteiger partial charge in [0.15, 0.2) is 0 Å². The molecule has 5 nitrogen and oxygen atoms in total. The van der Waals surface area contributed by atoms with Crippen molar-refractivity contribution in [2.45, 2.75) is 19.3 Å². The zero-order chi connectivity index (χ0) is 13.0. The van der Waals surface area contributed by atoms with Gasteiger partial charge in [-0.2, -0.15) is 15.8 Å². The highest BCUT2D eigenvalue weighted by molar-refractivity contribution is 5.57. The van der Waals surface area contributed by atoms with E-state index in [2.05, 4.69) is 11.1 Å². The number of aromatic nitrogens is 1. The summed E-state index contributed by atoms with van der Waals surface area (Å²) in [4.78, 5) is 6.00. The molecule has 0 atom stereocenters. The summed E-state index contributed by atoms with van der Waals surface area (Å²) in [5, 5.41) is 26.7. The van der Waals surface area contributed by atoms with Crippen LogP contribution in [0.25, 0.3) is 0 Å². The number of pyridine rings is 1. The zero-order valence-electron chi connectivity index (χ0n) is 9.85. The van der Waals surface area contributed by atoms with Gasteiger partial charge in [-0.25, -0.2) is 4.98 Å². The van der Waals surface area contributed by atoms with Gasteiger partial charge in [-0.1, -0.05) is 0 Å². The van der Waals surface area contributed by atoms with Crippen molar-refractivity contribution in [3.05, 3.63) is 22.9 Å². The number of hydrogen-bond donors (Lipinski definition) is 0. The zero-order valence-corrected chi connectivity index (χ0v) is 9.85. The lowest BCUT2D eigenvalue weighted by Gasteiger charge is -2.19. The minimum absolute atomic E-state index is 0.0635. The number of fused-ring (bicyclic) bond motifs is 1. The molecule has 88 valence electrons. The van der Waals surface area contributed by atoms with Crippen molar-refractivity contribution >= 4 is 5.82 Å². The molecule has 2 rings (SSSR count). The van der Waals surface area contributed by atoms with E-state index in [1.807, 2.05) is 18.2 Å². The van der Waals surface area contributed by atoms with Crippen molar-refractivity contribution in [3.63, 3.8) is 0 Å². The molecule has 1 aromatic heterocycles. The van der Waals surface area contributed by atoms with Crippen LogP contribution < -0.4 is 4.90 Å². The van der Waals surface area contributed by atoms with Crippen LogP contribution in [0.3, 0.4) is 0 Å². The highest BCUT2D eigenvalue weighted by Crippen LogP contribution is 2.26. The molecule has 0 aliphatic heterocycles. The molecular weight excluding hydrogens is 226 g/mol. The molecule has 1 aliphatic carbocycles. The van der Waals surface area contributed by atoms with Crippen molar-refractivity contribution in [2.24, 2.45) is 0 Å². The number of rotatable bonds is 3. The molecule has 0 saturated carbocycles. The minimum Gasteiger partial charge on any atom is -0.329 e. The van der Waals surface area contributed by atoms with Crippen LogP contribution in [0.15, 0.2) is 6.07 Å². The van der Waals surface area contributed by atoms with E-state index in [4.69, 9.17) is 15.8 Å². The molecule has 1 heterocycles. The second-order valence-electron chi connectivity index (χ2n) is 4.10. The first kappa shape index (κ1) is 11.9. The maximum Gasteiger partial charge on any atom is 0.148 e. The molecule has 0 saturated heterocycles. The molecule has 0 unspecified atom stereocenters. The first-order valence-electron chi connectivity index (χ1n) is 5.72. The van der Waals surface area contributed by atoms with E-state index in [1.165, 1.54) is 4.90 Å². The predicted octanol–water partition coefficient (Wildman–Crippen LogP) is 1.30. The van der Waals surface area contributed by atoms with Gasteiger partial charge in [-0.05, 0) is 30.9 Å². The normalized spacial score (nSPS) is 12.1. The summed E-state index contributed by atoms with van der Waals surface area (Å²) >= 11 is 0. The smallest absolute Gasteiger partial charge is 0.148 e. The molecule has 0 amide bonds. The number of nitriles is 3. The highest BCUT2D eigenvalue weighted by atomic mass is 15.2. The first-order valence-corrected chi connectivity index (χ1v) is 5.72. The van der Waals surface area contributed by atoms with Crippen LogP contribution in [-0.4, -0.2) is 18.1 Å². The molecule has 1 aliphatic rings. The Morgan fingerprint density at radius 2 is 1.89 bits per heavy atom. The maximum atomic E-state index is 9.15. The van der Waals surface area contributed by atoms with Gasteiger partial charge >= 0.3 is 0 Å². The standard InChI is InChI=1S/C13H11N5/c14-4-6-18(7-5-15)13-11(9-16)8-10-2-1-3-12(10)17-13/h8H,1-3,6-7H2. The average molecular weight is 237 g/mol. The van der Waals surface area contributed by atoms with E-state index in [1.54, 1.807) is 0 Å². The van der Waals surface area contributed by atoms with Gasteiger partial charge in [-0.3, -0.25) is 0 Å². The number of aryl methyl sites for hydroxylation is 2. The topological polar surface area (TPSA) is 87.5 Å². The monoisotopic (exact) mass is 237 g/mol. The molecule has 0 aromatic carbocycles. The third kappa shape index (κ3) is 2.10. The second-order valence-corrected chi connectivity index (χ2v) is 4.10. The summed E-state index contributed by atoms with van der Waals surface area (Å²) in [5.74, 6) is 0.459. The van der Waals surface area contributed by atoms with Crippen molar-refractivity contribution in [1.82, 2.24) is 4.98 Å². The summed E-state index contributed by atoms with van der Waals surface area (Å²) in [6.45, 7) is 0.127. The number of nitrogens with zero attached hydrogens (tertiary/aromatic N) is 5. The van der Waals surface area contributed by atoms with Gasteiger partial charge in [-0.15, -0.1) is 0 Å². The largest absolute Gasteiger partial charge is 0.329 e. The predicted molar refractivity (Wildman–Crippen MR) is 64.4 cm³/mol. The molecule has 0 fully saturated rings. The first-order chi connectivity index (χ1) is 8.80. The molecule has 0 spiro atoms. The fourth-order valence-corrected chi connectivity index (χ4v) is 2.16. The molecule has 5 heteroatoms. The summed E-state index contributed by atoms with van der Waals surface area (Å²) in [7, 11) is 0. The molecule has 1 aromatic rings. The Bertz CT molecular complexity index is 569. The summed E-state index contributed by atoms with van der Waals surface area (Å²) < 4.78 is 0. The quantitative estimate of drug-likeness (QED) is 0.739. The Labute approximate surface area is 106 Å². The van der Waals surface area contributed by atoms with Crippen LogP contribution >= 0.6 is 0 Å². The van der Waals surface area contributed by atoms with Crippen LogP contribution in [0.2, 0.25) is 0 Å². The van der Waals surface area contributed by atoms with Crippen molar-refractivity contribution in [3.8, 4) is 18.2 Å². The third-order valence-electron chi connectivity index (χ3n) is 2.97. The lowest BCUT2D eigenvalue weighted by molar-refractivity contribution is 0.886. The van der Waals surface area contributed by atoms with E-state index in [0.29, 0.717) is 11.4 Å². The van der Waals surface area contributed by atoms with Gasteiger partial charge < -0.3 is 4.90 Å². The Kier molecular flexibility index (Phi) is 3.41. The highest BCUT2D eigenvalue weighted by Gasteiger charge is 2.19. The van der Waals surface area contributed by atoms with E-state index in [-0.39, 0.29) is 13.1 Å². The fraction of sp³-hybridized carbons (Fsp3) is 0.385. The van der Waals surface area contributed by atoms with Gasteiger partial charge in [0.1, 0.15) is 25.0 Å². The third-order valence-corrected chi connectivity index (χ3v) is 2.97. The molecule has 0 bridgehead atoms. The summed E-state index contributed by atoms with van der Waals surface area (Å²) in [6.07, 6.45) is 2.90. The van der Waals surface area contributed by atoms with Crippen LogP contribution in [0.1, 0.15) is 23.2 Å². The summed E-state index contributed by atoms with van der Waals surface area (Å²) in [6, 6.07) is 7.93. The van der Waals surface area contributed by atoms with Gasteiger partial charge in [0.25, 0.3) is 0 Å².